The van der Waals surface area contributed by atoms with E-state index in [1.807, 2.05) is 26.5 Å². The highest BCUT2D eigenvalue weighted by molar-refractivity contribution is 5.93. The summed E-state index contributed by atoms with van der Waals surface area (Å²) in [5.74, 6) is 0.888. The molecule has 0 atom stereocenters. The van der Waals surface area contributed by atoms with Gasteiger partial charge < -0.3 is 9.88 Å². The zero-order valence-electron chi connectivity index (χ0n) is 13.0. The molecule has 3 aromatic rings. The van der Waals surface area contributed by atoms with Crippen molar-refractivity contribution in [3.05, 3.63) is 52.8 Å². The van der Waals surface area contributed by atoms with Crippen LogP contribution in [0.1, 0.15) is 22.3 Å². The fraction of sp³-hybridized carbons (Fsp3) is 0.222. The van der Waals surface area contributed by atoms with Crippen molar-refractivity contribution in [1.29, 1.82) is 0 Å². The largest absolute Gasteiger partial charge is 0.359 e. The molecule has 1 aliphatic rings. The quantitative estimate of drug-likeness (QED) is 0.786. The predicted molar refractivity (Wildman–Crippen MR) is 90.8 cm³/mol. The third-order valence-electron chi connectivity index (χ3n) is 4.45. The van der Waals surface area contributed by atoms with E-state index in [9.17, 15) is 0 Å². The Kier molecular flexibility index (Phi) is 2.79. The van der Waals surface area contributed by atoms with Crippen molar-refractivity contribution in [3.63, 3.8) is 0 Å². The van der Waals surface area contributed by atoms with Crippen LogP contribution < -0.4 is 5.32 Å². The molecule has 0 saturated carbocycles. The summed E-state index contributed by atoms with van der Waals surface area (Å²) in [6, 6.07) is 6.51. The SMILES string of the molecule is CNc1nc2cc(C3=Cc4ccncc4C3)c(C)cc2n1C. The third-order valence-corrected chi connectivity index (χ3v) is 4.45. The zero-order valence-corrected chi connectivity index (χ0v) is 13.0. The van der Waals surface area contributed by atoms with Gasteiger partial charge in [0.25, 0.3) is 0 Å². The Hall–Kier alpha value is -2.62. The number of hydrogen-bond donors (Lipinski definition) is 1. The van der Waals surface area contributed by atoms with Gasteiger partial charge in [0.1, 0.15) is 0 Å². The molecule has 0 saturated heterocycles. The summed E-state index contributed by atoms with van der Waals surface area (Å²) in [5.41, 5.74) is 8.68. The van der Waals surface area contributed by atoms with E-state index in [2.05, 4.69) is 51.1 Å². The van der Waals surface area contributed by atoms with Crippen LogP contribution in [0.25, 0.3) is 22.7 Å². The highest BCUT2D eigenvalue weighted by Crippen LogP contribution is 2.34. The van der Waals surface area contributed by atoms with Gasteiger partial charge in [-0.2, -0.15) is 0 Å². The third kappa shape index (κ3) is 1.84. The number of imidazole rings is 1. The van der Waals surface area contributed by atoms with Crippen LogP contribution in [0, 0.1) is 6.92 Å². The maximum atomic E-state index is 4.67. The van der Waals surface area contributed by atoms with Crippen LogP contribution >= 0.6 is 0 Å². The van der Waals surface area contributed by atoms with Crippen LogP contribution in [0.4, 0.5) is 5.95 Å². The molecule has 0 amide bonds. The zero-order chi connectivity index (χ0) is 15.3. The number of nitrogens with one attached hydrogen (secondary N) is 1. The van der Waals surface area contributed by atoms with Crippen molar-refractivity contribution in [2.24, 2.45) is 7.05 Å². The number of pyridine rings is 1. The lowest BCUT2D eigenvalue weighted by atomic mass is 9.98. The Bertz CT molecular complexity index is 918. The van der Waals surface area contributed by atoms with Gasteiger partial charge in [0.15, 0.2) is 0 Å². The highest BCUT2D eigenvalue weighted by Gasteiger charge is 2.17. The summed E-state index contributed by atoms with van der Waals surface area (Å²) in [6.45, 7) is 2.17. The maximum Gasteiger partial charge on any atom is 0.203 e. The number of nitrogens with zero attached hydrogens (tertiary/aromatic N) is 3. The number of rotatable bonds is 2. The molecule has 0 unspecified atom stereocenters. The van der Waals surface area contributed by atoms with E-state index >= 15 is 0 Å². The molecule has 0 fully saturated rings. The summed E-state index contributed by atoms with van der Waals surface area (Å²) in [4.78, 5) is 8.89. The van der Waals surface area contributed by atoms with Crippen molar-refractivity contribution in [2.45, 2.75) is 13.3 Å². The van der Waals surface area contributed by atoms with E-state index < -0.39 is 0 Å². The Morgan fingerprint density at radius 1 is 1.27 bits per heavy atom. The molecule has 0 bridgehead atoms. The molecule has 1 aromatic carbocycles. The van der Waals surface area contributed by atoms with Gasteiger partial charge in [-0.15, -0.1) is 0 Å². The topological polar surface area (TPSA) is 42.7 Å². The molecule has 4 rings (SSSR count). The number of anilines is 1. The first-order chi connectivity index (χ1) is 10.7. The number of aryl methyl sites for hydroxylation is 2. The molecule has 22 heavy (non-hydrogen) atoms. The molecular formula is C18H18N4. The Balaban J connectivity index is 1.85. The Labute approximate surface area is 129 Å². The summed E-state index contributed by atoms with van der Waals surface area (Å²) in [7, 11) is 3.94. The second-order valence-corrected chi connectivity index (χ2v) is 5.82. The second-order valence-electron chi connectivity index (χ2n) is 5.82. The van der Waals surface area contributed by atoms with E-state index in [-0.39, 0.29) is 0 Å². The average Bonchev–Trinajstić information content (AvgIpc) is 3.08. The first-order valence-electron chi connectivity index (χ1n) is 7.46. The molecule has 0 radical (unpaired) electrons. The number of benzene rings is 1. The minimum Gasteiger partial charge on any atom is -0.359 e. The number of fused-ring (bicyclic) bond motifs is 2. The van der Waals surface area contributed by atoms with Gasteiger partial charge in [0.05, 0.1) is 11.0 Å². The van der Waals surface area contributed by atoms with Gasteiger partial charge in [0, 0.05) is 32.9 Å². The van der Waals surface area contributed by atoms with Gasteiger partial charge in [-0.25, -0.2) is 4.98 Å². The van der Waals surface area contributed by atoms with E-state index in [1.165, 1.54) is 27.8 Å². The van der Waals surface area contributed by atoms with Crippen LogP contribution in [0.15, 0.2) is 30.6 Å². The van der Waals surface area contributed by atoms with Crippen LogP contribution in [-0.2, 0) is 13.5 Å². The standard InChI is InChI=1S/C18H18N4/c1-11-6-17-16(21-18(19-2)22(17)3)9-15(11)13-7-12-4-5-20-10-14(12)8-13/h4-7,9-10H,8H2,1-3H3,(H,19,21). The number of allylic oxidation sites excluding steroid dienone is 1. The smallest absolute Gasteiger partial charge is 0.203 e. The van der Waals surface area contributed by atoms with Gasteiger partial charge >= 0.3 is 0 Å². The van der Waals surface area contributed by atoms with Crippen LogP contribution in [0.5, 0.6) is 0 Å². The lowest BCUT2D eigenvalue weighted by Gasteiger charge is -2.08. The van der Waals surface area contributed by atoms with Crippen molar-refractivity contribution in [3.8, 4) is 0 Å². The Morgan fingerprint density at radius 2 is 2.14 bits per heavy atom. The number of hydrogen-bond acceptors (Lipinski definition) is 3. The molecule has 2 aromatic heterocycles. The first kappa shape index (κ1) is 13.1. The van der Waals surface area contributed by atoms with E-state index in [4.69, 9.17) is 0 Å². The van der Waals surface area contributed by atoms with Crippen molar-refractivity contribution >= 4 is 28.6 Å². The molecule has 4 heteroatoms. The molecular weight excluding hydrogens is 272 g/mol. The average molecular weight is 290 g/mol. The molecule has 110 valence electrons. The van der Waals surface area contributed by atoms with Crippen molar-refractivity contribution in [1.82, 2.24) is 14.5 Å². The fourth-order valence-corrected chi connectivity index (χ4v) is 3.26. The Morgan fingerprint density at radius 3 is 2.91 bits per heavy atom. The second kappa shape index (κ2) is 4.70. The van der Waals surface area contributed by atoms with Crippen molar-refractivity contribution < 1.29 is 0 Å². The van der Waals surface area contributed by atoms with E-state index in [1.54, 1.807) is 0 Å². The molecule has 1 aliphatic carbocycles. The highest BCUT2D eigenvalue weighted by atomic mass is 15.2. The van der Waals surface area contributed by atoms with Gasteiger partial charge in [-0.3, -0.25) is 4.98 Å². The lowest BCUT2D eigenvalue weighted by molar-refractivity contribution is 0.952. The summed E-state index contributed by atoms with van der Waals surface area (Å²) >= 11 is 0. The summed E-state index contributed by atoms with van der Waals surface area (Å²) in [6.07, 6.45) is 7.03. The summed E-state index contributed by atoms with van der Waals surface area (Å²) in [5, 5.41) is 3.14. The molecule has 0 aliphatic heterocycles. The normalized spacial score (nSPS) is 13.3. The minimum atomic E-state index is 0.888. The van der Waals surface area contributed by atoms with Crippen molar-refractivity contribution in [2.75, 3.05) is 12.4 Å². The van der Waals surface area contributed by atoms with Gasteiger partial charge in [-0.1, -0.05) is 6.08 Å². The molecule has 2 heterocycles. The molecule has 4 nitrogen and oxygen atoms in total. The number of aromatic nitrogens is 3. The van der Waals surface area contributed by atoms with Crippen LogP contribution in [0.3, 0.4) is 0 Å². The summed E-state index contributed by atoms with van der Waals surface area (Å²) < 4.78 is 2.09. The molecule has 0 spiro atoms. The maximum absolute atomic E-state index is 4.67. The van der Waals surface area contributed by atoms with Crippen LogP contribution in [0.2, 0.25) is 0 Å². The van der Waals surface area contributed by atoms with Gasteiger partial charge in [-0.05, 0) is 52.9 Å². The fourth-order valence-electron chi connectivity index (χ4n) is 3.26. The lowest BCUT2D eigenvalue weighted by Crippen LogP contribution is -1.97. The first-order valence-corrected chi connectivity index (χ1v) is 7.46. The van der Waals surface area contributed by atoms with E-state index in [0.29, 0.717) is 0 Å². The van der Waals surface area contributed by atoms with E-state index in [0.717, 1.165) is 23.4 Å². The minimum absolute atomic E-state index is 0.888. The van der Waals surface area contributed by atoms with Crippen LogP contribution in [-0.4, -0.2) is 21.6 Å². The molecule has 1 N–H and O–H groups in total. The monoisotopic (exact) mass is 290 g/mol. The van der Waals surface area contributed by atoms with Gasteiger partial charge in [0.2, 0.25) is 5.95 Å². The predicted octanol–water partition coefficient (Wildman–Crippen LogP) is 3.42.